The first-order valence-corrected chi connectivity index (χ1v) is 22.0. The highest BCUT2D eigenvalue weighted by molar-refractivity contribution is 6.32. The Morgan fingerprint density at radius 2 is 0.852 bits per heavy atom. The fourth-order valence-electron chi connectivity index (χ4n) is 9.87. The minimum absolute atomic E-state index is 0.439. The van der Waals surface area contributed by atoms with Crippen LogP contribution in [-0.2, 0) is 0 Å². The zero-order valence-electron chi connectivity index (χ0n) is 35.8. The van der Waals surface area contributed by atoms with Crippen LogP contribution in [0.15, 0.2) is 205 Å². The molecule has 0 fully saturated rings. The van der Waals surface area contributed by atoms with E-state index in [1.807, 2.05) is 0 Å². The van der Waals surface area contributed by atoms with Crippen molar-refractivity contribution in [2.24, 2.45) is 11.8 Å². The van der Waals surface area contributed by atoms with Crippen LogP contribution in [-0.4, -0.2) is 0 Å². The predicted octanol–water partition coefficient (Wildman–Crippen LogP) is 17.2. The van der Waals surface area contributed by atoms with Gasteiger partial charge in [-0.15, -0.1) is 0 Å². The standard InChI is InChI=1S/C59H52N2/c1-39(2)42-26-28-47(29-27-42)60(45-22-14-8-15-23-45)56-37-54(43-18-10-6-11-19-43)50-33-35-53-57(38-55(44-20-12-7-13-21-44)51-32-34-52(56)58(50)59(51)53)61(46-24-16-9-17-25-46)48-30-31-49(40(3)4)41(5)36-48/h6-35,37-41H,36H2,1-5H3. The van der Waals surface area contributed by atoms with E-state index in [-0.39, 0.29) is 0 Å². The van der Waals surface area contributed by atoms with E-state index in [2.05, 4.69) is 239 Å². The molecule has 2 nitrogen and oxygen atoms in total. The SMILES string of the molecule is CC(C)C1=CC=C(N(c2ccccc2)c2cc(-c3ccccc3)c3ccc4c(N(c5ccccc5)c5ccc(C(C)C)cc5)cc(-c5ccccc5)c5ccc2c3c54)CC1C. The smallest absolute Gasteiger partial charge is 0.0546 e. The van der Waals surface area contributed by atoms with Crippen molar-refractivity contribution in [2.75, 3.05) is 9.80 Å². The summed E-state index contributed by atoms with van der Waals surface area (Å²) in [7, 11) is 0. The van der Waals surface area contributed by atoms with Crippen molar-refractivity contribution in [3.63, 3.8) is 0 Å². The summed E-state index contributed by atoms with van der Waals surface area (Å²) in [6.07, 6.45) is 5.74. The maximum atomic E-state index is 2.55. The Balaban J connectivity index is 1.34. The maximum absolute atomic E-state index is 2.55. The Kier molecular flexibility index (Phi) is 10.0. The molecule has 1 unspecified atom stereocenters. The lowest BCUT2D eigenvalue weighted by molar-refractivity contribution is 0.567. The van der Waals surface area contributed by atoms with Crippen LogP contribution in [0, 0.1) is 11.8 Å². The highest BCUT2D eigenvalue weighted by Crippen LogP contribution is 2.52. The number of nitrogens with zero attached hydrogens (tertiary/aromatic N) is 2. The summed E-state index contributed by atoms with van der Waals surface area (Å²) in [5, 5.41) is 7.55. The molecule has 0 bridgehead atoms. The van der Waals surface area contributed by atoms with Gasteiger partial charge in [0.25, 0.3) is 0 Å². The molecular formula is C59H52N2. The van der Waals surface area contributed by atoms with E-state index in [1.165, 1.54) is 82.8 Å². The van der Waals surface area contributed by atoms with Crippen molar-refractivity contribution in [3.05, 3.63) is 211 Å². The molecule has 298 valence electrons. The molecule has 9 aromatic carbocycles. The van der Waals surface area contributed by atoms with Crippen molar-refractivity contribution < 1.29 is 0 Å². The molecule has 0 saturated heterocycles. The fourth-order valence-corrected chi connectivity index (χ4v) is 9.87. The number of para-hydroxylation sites is 2. The van der Waals surface area contributed by atoms with E-state index < -0.39 is 0 Å². The molecule has 2 heteroatoms. The number of hydrogen-bond acceptors (Lipinski definition) is 2. The first-order valence-electron chi connectivity index (χ1n) is 22.0. The Hall–Kier alpha value is -6.90. The third-order valence-electron chi connectivity index (χ3n) is 12.9. The number of benzene rings is 9. The number of hydrogen-bond donors (Lipinski definition) is 0. The molecule has 9 aromatic rings. The molecule has 1 aliphatic rings. The van der Waals surface area contributed by atoms with Gasteiger partial charge in [-0.2, -0.15) is 0 Å². The predicted molar refractivity (Wildman–Crippen MR) is 263 cm³/mol. The van der Waals surface area contributed by atoms with Gasteiger partial charge in [-0.05, 0) is 117 Å². The molecule has 0 aliphatic heterocycles. The summed E-state index contributed by atoms with van der Waals surface area (Å²) in [5.41, 5.74) is 14.8. The summed E-state index contributed by atoms with van der Waals surface area (Å²) in [6, 6.07) is 67.4. The summed E-state index contributed by atoms with van der Waals surface area (Å²) >= 11 is 0. The van der Waals surface area contributed by atoms with E-state index in [4.69, 9.17) is 0 Å². The second-order valence-corrected chi connectivity index (χ2v) is 17.4. The lowest BCUT2D eigenvalue weighted by Gasteiger charge is -2.35. The van der Waals surface area contributed by atoms with Crippen LogP contribution >= 0.6 is 0 Å². The second-order valence-electron chi connectivity index (χ2n) is 17.4. The first kappa shape index (κ1) is 38.3. The average molecular weight is 789 g/mol. The largest absolute Gasteiger partial charge is 0.314 e. The summed E-state index contributed by atoms with van der Waals surface area (Å²) in [6.45, 7) is 11.6. The molecule has 0 saturated carbocycles. The highest BCUT2D eigenvalue weighted by Gasteiger charge is 2.28. The molecular weight excluding hydrogens is 737 g/mol. The average Bonchev–Trinajstić information content (AvgIpc) is 3.30. The van der Waals surface area contributed by atoms with Gasteiger partial charge in [0.15, 0.2) is 0 Å². The topological polar surface area (TPSA) is 6.48 Å². The molecule has 61 heavy (non-hydrogen) atoms. The van der Waals surface area contributed by atoms with E-state index in [0.29, 0.717) is 17.8 Å². The van der Waals surface area contributed by atoms with E-state index in [1.54, 1.807) is 0 Å². The highest BCUT2D eigenvalue weighted by atomic mass is 15.2. The van der Waals surface area contributed by atoms with E-state index in [9.17, 15) is 0 Å². The molecule has 0 N–H and O–H groups in total. The Morgan fingerprint density at radius 3 is 1.31 bits per heavy atom. The summed E-state index contributed by atoms with van der Waals surface area (Å²) in [4.78, 5) is 5.01. The van der Waals surface area contributed by atoms with Crippen LogP contribution in [0.2, 0.25) is 0 Å². The van der Waals surface area contributed by atoms with Crippen molar-refractivity contribution in [3.8, 4) is 22.3 Å². The van der Waals surface area contributed by atoms with Gasteiger partial charge in [0, 0.05) is 44.3 Å². The zero-order valence-corrected chi connectivity index (χ0v) is 35.8. The molecule has 0 radical (unpaired) electrons. The Bertz CT molecular complexity index is 3030. The number of anilines is 5. The van der Waals surface area contributed by atoms with Crippen LogP contribution in [0.25, 0.3) is 54.6 Å². The van der Waals surface area contributed by atoms with E-state index in [0.717, 1.165) is 23.5 Å². The molecule has 0 aromatic heterocycles. The molecule has 0 heterocycles. The van der Waals surface area contributed by atoms with Gasteiger partial charge < -0.3 is 9.80 Å². The molecule has 10 rings (SSSR count). The van der Waals surface area contributed by atoms with E-state index >= 15 is 0 Å². The summed E-state index contributed by atoms with van der Waals surface area (Å²) < 4.78 is 0. The molecule has 0 amide bonds. The molecule has 0 spiro atoms. The quantitative estimate of drug-likeness (QED) is 0.127. The number of allylic oxidation sites excluding steroid dienone is 4. The van der Waals surface area contributed by atoms with Gasteiger partial charge in [0.2, 0.25) is 0 Å². The van der Waals surface area contributed by atoms with Crippen LogP contribution in [0.4, 0.5) is 28.4 Å². The van der Waals surface area contributed by atoms with Crippen LogP contribution in [0.1, 0.15) is 52.5 Å². The van der Waals surface area contributed by atoms with Gasteiger partial charge >= 0.3 is 0 Å². The lowest BCUT2D eigenvalue weighted by Crippen LogP contribution is -2.22. The fraction of sp³-hybridized carbons (Fsp3) is 0.153. The summed E-state index contributed by atoms with van der Waals surface area (Å²) in [5.74, 6) is 1.39. The van der Waals surface area contributed by atoms with Gasteiger partial charge in [0.1, 0.15) is 0 Å². The van der Waals surface area contributed by atoms with Gasteiger partial charge in [-0.3, -0.25) is 0 Å². The van der Waals surface area contributed by atoms with Gasteiger partial charge in [-0.25, -0.2) is 0 Å². The Labute approximate surface area is 361 Å². The monoisotopic (exact) mass is 788 g/mol. The minimum atomic E-state index is 0.439. The molecule has 1 aliphatic carbocycles. The van der Waals surface area contributed by atoms with Crippen molar-refractivity contribution in [1.82, 2.24) is 0 Å². The lowest BCUT2D eigenvalue weighted by atomic mass is 9.83. The third kappa shape index (κ3) is 6.87. The normalized spacial score (nSPS) is 14.2. The zero-order chi connectivity index (χ0) is 41.6. The third-order valence-corrected chi connectivity index (χ3v) is 12.9. The van der Waals surface area contributed by atoms with Crippen LogP contribution < -0.4 is 9.80 Å². The molecule has 1 atom stereocenters. The van der Waals surface area contributed by atoms with Crippen molar-refractivity contribution in [1.29, 1.82) is 0 Å². The Morgan fingerprint density at radius 1 is 0.426 bits per heavy atom. The second kappa shape index (κ2) is 15.9. The maximum Gasteiger partial charge on any atom is 0.0546 e. The van der Waals surface area contributed by atoms with Crippen molar-refractivity contribution >= 4 is 60.8 Å². The van der Waals surface area contributed by atoms with Crippen LogP contribution in [0.3, 0.4) is 0 Å². The van der Waals surface area contributed by atoms with Crippen molar-refractivity contribution in [2.45, 2.75) is 47.0 Å². The number of rotatable bonds is 10. The van der Waals surface area contributed by atoms with Crippen LogP contribution in [0.5, 0.6) is 0 Å². The first-order chi connectivity index (χ1) is 29.9. The van der Waals surface area contributed by atoms with Gasteiger partial charge in [-0.1, -0.05) is 180 Å². The van der Waals surface area contributed by atoms with Gasteiger partial charge in [0.05, 0.1) is 11.4 Å². The minimum Gasteiger partial charge on any atom is -0.314 e.